The Bertz CT molecular complexity index is 681. The van der Waals surface area contributed by atoms with Crippen LogP contribution in [0.1, 0.15) is 36.0 Å². The van der Waals surface area contributed by atoms with Gasteiger partial charge in [-0.3, -0.25) is 9.59 Å². The Balaban J connectivity index is 2.02. The Kier molecular flexibility index (Phi) is 4.66. The van der Waals surface area contributed by atoms with E-state index in [1.165, 1.54) is 11.3 Å². The molecule has 0 aliphatic rings. The van der Waals surface area contributed by atoms with Crippen molar-refractivity contribution in [2.75, 3.05) is 10.6 Å². The third-order valence-electron chi connectivity index (χ3n) is 3.15. The Morgan fingerprint density at radius 3 is 1.95 bits per heavy atom. The second-order valence-electron chi connectivity index (χ2n) is 6.17. The summed E-state index contributed by atoms with van der Waals surface area (Å²) >= 11 is 1.42. The van der Waals surface area contributed by atoms with E-state index in [9.17, 15) is 9.59 Å². The number of thiophene rings is 1. The van der Waals surface area contributed by atoms with Crippen LogP contribution in [0.25, 0.3) is 0 Å². The van der Waals surface area contributed by atoms with Crippen LogP contribution < -0.4 is 10.6 Å². The van der Waals surface area contributed by atoms with Gasteiger partial charge in [-0.2, -0.15) is 0 Å². The normalized spacial score (nSPS) is 11.1. The summed E-state index contributed by atoms with van der Waals surface area (Å²) in [7, 11) is 0. The van der Waals surface area contributed by atoms with Gasteiger partial charge in [-0.15, -0.1) is 11.3 Å². The van der Waals surface area contributed by atoms with Crippen LogP contribution in [0.4, 0.5) is 11.4 Å². The third kappa shape index (κ3) is 3.95. The minimum Gasteiger partial charge on any atom is -0.326 e. The van der Waals surface area contributed by atoms with E-state index in [0.29, 0.717) is 16.3 Å². The highest BCUT2D eigenvalue weighted by molar-refractivity contribution is 7.12. The van der Waals surface area contributed by atoms with Gasteiger partial charge in [0.2, 0.25) is 5.91 Å². The summed E-state index contributed by atoms with van der Waals surface area (Å²) in [5.41, 5.74) is 1.94. The molecule has 2 aromatic rings. The summed E-state index contributed by atoms with van der Waals surface area (Å²) in [4.78, 5) is 24.7. The molecule has 5 heteroatoms. The van der Waals surface area contributed by atoms with Crippen molar-refractivity contribution in [3.05, 3.63) is 46.2 Å². The van der Waals surface area contributed by atoms with E-state index in [4.69, 9.17) is 0 Å². The average Bonchev–Trinajstić information content (AvgIpc) is 2.86. The molecule has 0 aliphatic carbocycles. The van der Waals surface area contributed by atoms with E-state index in [0.717, 1.165) is 5.56 Å². The summed E-state index contributed by atoms with van der Waals surface area (Å²) < 4.78 is 0. The van der Waals surface area contributed by atoms with Gasteiger partial charge in [0.05, 0.1) is 4.88 Å². The topological polar surface area (TPSA) is 58.2 Å². The van der Waals surface area contributed by atoms with Crippen molar-refractivity contribution in [1.82, 2.24) is 0 Å². The van der Waals surface area contributed by atoms with Crippen LogP contribution in [0.15, 0.2) is 35.7 Å². The maximum atomic E-state index is 12.1. The number of carbonyl (C=O) groups excluding carboxylic acids is 2. The fourth-order valence-electron chi connectivity index (χ4n) is 1.75. The van der Waals surface area contributed by atoms with E-state index < -0.39 is 5.41 Å². The number of benzene rings is 1. The van der Waals surface area contributed by atoms with Gasteiger partial charge in [-0.1, -0.05) is 20.8 Å². The number of hydrogen-bond donors (Lipinski definition) is 2. The molecule has 1 aromatic carbocycles. The van der Waals surface area contributed by atoms with Gasteiger partial charge in [0.1, 0.15) is 0 Å². The van der Waals surface area contributed by atoms with Crippen LogP contribution in [-0.4, -0.2) is 11.8 Å². The molecule has 0 aliphatic heterocycles. The first-order valence-corrected chi connectivity index (χ1v) is 7.92. The van der Waals surface area contributed by atoms with Gasteiger partial charge < -0.3 is 10.6 Å². The summed E-state index contributed by atoms with van der Waals surface area (Å²) in [6.45, 7) is 7.50. The number of carbonyl (C=O) groups is 2. The molecule has 1 aromatic heterocycles. The van der Waals surface area contributed by atoms with Crippen molar-refractivity contribution in [2.24, 2.45) is 5.41 Å². The van der Waals surface area contributed by atoms with E-state index in [1.54, 1.807) is 24.3 Å². The lowest BCUT2D eigenvalue weighted by Gasteiger charge is -2.17. The maximum absolute atomic E-state index is 12.1. The molecule has 22 heavy (non-hydrogen) atoms. The monoisotopic (exact) mass is 316 g/mol. The minimum atomic E-state index is -0.441. The van der Waals surface area contributed by atoms with Crippen molar-refractivity contribution in [3.8, 4) is 0 Å². The quantitative estimate of drug-likeness (QED) is 0.887. The second-order valence-corrected chi connectivity index (χ2v) is 7.08. The molecule has 0 spiro atoms. The van der Waals surface area contributed by atoms with Gasteiger partial charge in [0.15, 0.2) is 0 Å². The Hall–Kier alpha value is -2.14. The van der Waals surface area contributed by atoms with Crippen molar-refractivity contribution in [1.29, 1.82) is 0 Å². The predicted molar refractivity (Wildman–Crippen MR) is 91.5 cm³/mol. The van der Waals surface area contributed by atoms with Crippen molar-refractivity contribution < 1.29 is 9.59 Å². The number of aryl methyl sites for hydroxylation is 1. The first-order valence-electron chi connectivity index (χ1n) is 7.04. The minimum absolute atomic E-state index is 0.0431. The summed E-state index contributed by atoms with van der Waals surface area (Å²) in [6, 6.07) is 9.03. The molecule has 0 radical (unpaired) electrons. The van der Waals surface area contributed by atoms with Crippen LogP contribution in [0.2, 0.25) is 0 Å². The molecular formula is C17H20N2O2S. The number of hydrogen-bond acceptors (Lipinski definition) is 3. The van der Waals surface area contributed by atoms with E-state index in [1.807, 2.05) is 39.1 Å². The highest BCUT2D eigenvalue weighted by atomic mass is 32.1. The zero-order valence-corrected chi connectivity index (χ0v) is 14.0. The molecular weight excluding hydrogens is 296 g/mol. The van der Waals surface area contributed by atoms with Gasteiger partial charge in [0, 0.05) is 16.8 Å². The summed E-state index contributed by atoms with van der Waals surface area (Å²) in [5, 5.41) is 7.60. The number of rotatable bonds is 3. The fraction of sp³-hybridized carbons (Fsp3) is 0.294. The lowest BCUT2D eigenvalue weighted by Crippen LogP contribution is -2.27. The number of amides is 2. The zero-order chi connectivity index (χ0) is 16.3. The Morgan fingerprint density at radius 2 is 1.50 bits per heavy atom. The molecule has 1 heterocycles. The molecule has 116 valence electrons. The SMILES string of the molecule is Cc1ccsc1C(=O)Nc1ccc(NC(=O)C(C)(C)C)cc1. The lowest BCUT2D eigenvalue weighted by molar-refractivity contribution is -0.123. The lowest BCUT2D eigenvalue weighted by atomic mass is 9.95. The molecule has 0 atom stereocenters. The number of nitrogens with one attached hydrogen (secondary N) is 2. The average molecular weight is 316 g/mol. The molecule has 2 rings (SSSR count). The Morgan fingerprint density at radius 1 is 0.955 bits per heavy atom. The highest BCUT2D eigenvalue weighted by Gasteiger charge is 2.21. The van der Waals surface area contributed by atoms with E-state index in [2.05, 4.69) is 10.6 Å². The van der Waals surface area contributed by atoms with Crippen molar-refractivity contribution >= 4 is 34.5 Å². The third-order valence-corrected chi connectivity index (χ3v) is 4.17. The van der Waals surface area contributed by atoms with E-state index in [-0.39, 0.29) is 11.8 Å². The summed E-state index contributed by atoms with van der Waals surface area (Å²) in [6.07, 6.45) is 0. The Labute approximate surface area is 134 Å². The van der Waals surface area contributed by atoms with Crippen LogP contribution in [0.3, 0.4) is 0 Å². The molecule has 0 saturated carbocycles. The van der Waals surface area contributed by atoms with Gasteiger partial charge in [-0.05, 0) is 48.2 Å². The molecule has 0 saturated heterocycles. The zero-order valence-electron chi connectivity index (χ0n) is 13.2. The second kappa shape index (κ2) is 6.32. The van der Waals surface area contributed by atoms with Gasteiger partial charge >= 0.3 is 0 Å². The summed E-state index contributed by atoms with van der Waals surface area (Å²) in [5.74, 6) is -0.155. The van der Waals surface area contributed by atoms with Gasteiger partial charge in [0.25, 0.3) is 5.91 Å². The number of anilines is 2. The molecule has 0 fully saturated rings. The van der Waals surface area contributed by atoms with Gasteiger partial charge in [-0.25, -0.2) is 0 Å². The molecule has 2 amide bonds. The first kappa shape index (κ1) is 16.2. The van der Waals surface area contributed by atoms with Crippen LogP contribution in [0.5, 0.6) is 0 Å². The van der Waals surface area contributed by atoms with Crippen molar-refractivity contribution in [3.63, 3.8) is 0 Å². The molecule has 2 N–H and O–H groups in total. The van der Waals surface area contributed by atoms with Crippen LogP contribution in [0, 0.1) is 12.3 Å². The highest BCUT2D eigenvalue weighted by Crippen LogP contribution is 2.21. The molecule has 0 unspecified atom stereocenters. The molecule has 4 nitrogen and oxygen atoms in total. The smallest absolute Gasteiger partial charge is 0.265 e. The standard InChI is InChI=1S/C17H20N2O2S/c1-11-9-10-22-14(11)15(20)18-12-5-7-13(8-6-12)19-16(21)17(2,3)4/h5-10H,1-4H3,(H,18,20)(H,19,21). The molecule has 0 bridgehead atoms. The fourth-order valence-corrected chi connectivity index (χ4v) is 2.57. The van der Waals surface area contributed by atoms with Crippen LogP contribution in [-0.2, 0) is 4.79 Å². The maximum Gasteiger partial charge on any atom is 0.265 e. The largest absolute Gasteiger partial charge is 0.326 e. The van der Waals surface area contributed by atoms with Crippen LogP contribution >= 0.6 is 11.3 Å². The predicted octanol–water partition coefficient (Wildman–Crippen LogP) is 4.29. The first-order chi connectivity index (χ1) is 10.3. The van der Waals surface area contributed by atoms with E-state index >= 15 is 0 Å². The van der Waals surface area contributed by atoms with Crippen molar-refractivity contribution in [2.45, 2.75) is 27.7 Å².